The van der Waals surface area contributed by atoms with Crippen LogP contribution in [0, 0.1) is 0 Å². The summed E-state index contributed by atoms with van der Waals surface area (Å²) in [5.74, 6) is -1.05. The molecule has 0 aliphatic carbocycles. The molecule has 0 atom stereocenters. The van der Waals surface area contributed by atoms with E-state index in [9.17, 15) is 4.79 Å². The van der Waals surface area contributed by atoms with Crippen LogP contribution in [0.1, 0.15) is 9.67 Å². The molecule has 5 nitrogen and oxygen atoms in total. The SMILES string of the molecule is Nc1c(C(=O)O)sc2nc(-c3ccccc3)cnc12. The molecule has 3 aromatic rings. The maximum Gasteiger partial charge on any atom is 0.348 e. The van der Waals surface area contributed by atoms with Gasteiger partial charge in [-0.15, -0.1) is 11.3 Å². The Hall–Kier alpha value is -2.47. The maximum absolute atomic E-state index is 11.0. The maximum atomic E-state index is 11.0. The average Bonchev–Trinajstić information content (AvgIpc) is 2.77. The zero-order valence-corrected chi connectivity index (χ0v) is 10.5. The van der Waals surface area contributed by atoms with Crippen molar-refractivity contribution in [3.8, 4) is 11.3 Å². The van der Waals surface area contributed by atoms with E-state index in [1.165, 1.54) is 0 Å². The first kappa shape index (κ1) is 11.6. The van der Waals surface area contributed by atoms with Crippen molar-refractivity contribution in [2.45, 2.75) is 0 Å². The first-order valence-corrected chi connectivity index (χ1v) is 6.32. The Bertz CT molecular complexity index is 768. The van der Waals surface area contributed by atoms with E-state index in [0.717, 1.165) is 16.9 Å². The van der Waals surface area contributed by atoms with Gasteiger partial charge >= 0.3 is 5.97 Å². The Morgan fingerprint density at radius 3 is 2.68 bits per heavy atom. The third-order valence-corrected chi connectivity index (χ3v) is 3.78. The van der Waals surface area contributed by atoms with E-state index in [2.05, 4.69) is 9.97 Å². The summed E-state index contributed by atoms with van der Waals surface area (Å²) in [6.45, 7) is 0. The van der Waals surface area contributed by atoms with E-state index in [1.807, 2.05) is 30.3 Å². The number of carboxylic acids is 1. The third kappa shape index (κ3) is 1.92. The average molecular weight is 271 g/mol. The Kier molecular flexibility index (Phi) is 2.64. The molecule has 3 rings (SSSR count). The Morgan fingerprint density at radius 2 is 2.00 bits per heavy atom. The smallest absolute Gasteiger partial charge is 0.348 e. The van der Waals surface area contributed by atoms with Gasteiger partial charge in [-0.1, -0.05) is 30.3 Å². The number of nitrogens with zero attached hydrogens (tertiary/aromatic N) is 2. The molecule has 94 valence electrons. The van der Waals surface area contributed by atoms with Gasteiger partial charge in [0.15, 0.2) is 0 Å². The van der Waals surface area contributed by atoms with Gasteiger partial charge in [0, 0.05) is 5.56 Å². The number of aromatic nitrogens is 2. The van der Waals surface area contributed by atoms with Gasteiger partial charge in [-0.25, -0.2) is 14.8 Å². The molecule has 0 radical (unpaired) electrons. The van der Waals surface area contributed by atoms with E-state index in [0.29, 0.717) is 16.0 Å². The highest BCUT2D eigenvalue weighted by Gasteiger charge is 2.17. The molecule has 3 N–H and O–H groups in total. The first-order chi connectivity index (χ1) is 9.16. The van der Waals surface area contributed by atoms with Gasteiger partial charge in [0.1, 0.15) is 15.2 Å². The second-order valence-corrected chi connectivity index (χ2v) is 4.92. The van der Waals surface area contributed by atoms with Gasteiger partial charge in [0.2, 0.25) is 0 Å². The lowest BCUT2D eigenvalue weighted by Gasteiger charge is -1.99. The fourth-order valence-corrected chi connectivity index (χ4v) is 2.68. The number of carboxylic acid groups (broad SMARTS) is 1. The summed E-state index contributed by atoms with van der Waals surface area (Å²) >= 11 is 1.04. The Morgan fingerprint density at radius 1 is 1.26 bits per heavy atom. The quantitative estimate of drug-likeness (QED) is 0.748. The summed E-state index contributed by atoms with van der Waals surface area (Å²) in [7, 11) is 0. The van der Waals surface area contributed by atoms with Crippen molar-refractivity contribution in [3.05, 3.63) is 41.4 Å². The standard InChI is InChI=1S/C13H9N3O2S/c14-9-10-12(19-11(9)13(17)18)16-8(6-15-10)7-4-2-1-3-5-7/h1-6H,14H2,(H,17,18). The molecule has 19 heavy (non-hydrogen) atoms. The number of aromatic carboxylic acids is 1. The lowest BCUT2D eigenvalue weighted by atomic mass is 10.2. The number of hydrogen-bond donors (Lipinski definition) is 2. The zero-order valence-electron chi connectivity index (χ0n) is 9.70. The van der Waals surface area contributed by atoms with Crippen LogP contribution in [-0.2, 0) is 0 Å². The van der Waals surface area contributed by atoms with Crippen molar-refractivity contribution in [3.63, 3.8) is 0 Å². The summed E-state index contributed by atoms with van der Waals surface area (Å²) in [4.78, 5) is 20.3. The van der Waals surface area contributed by atoms with Crippen LogP contribution in [0.5, 0.6) is 0 Å². The number of hydrogen-bond acceptors (Lipinski definition) is 5. The molecule has 6 heteroatoms. The lowest BCUT2D eigenvalue weighted by molar-refractivity contribution is 0.0703. The second kappa shape index (κ2) is 4.33. The molecule has 0 saturated heterocycles. The Labute approximate surface area is 112 Å². The molecule has 0 aliphatic heterocycles. The zero-order chi connectivity index (χ0) is 13.4. The molecule has 0 amide bonds. The number of rotatable bonds is 2. The van der Waals surface area contributed by atoms with Gasteiger partial charge in [0.25, 0.3) is 0 Å². The van der Waals surface area contributed by atoms with Crippen LogP contribution in [0.4, 0.5) is 5.69 Å². The number of benzene rings is 1. The number of nitrogens with two attached hydrogens (primary N) is 1. The number of thiophene rings is 1. The van der Waals surface area contributed by atoms with Crippen molar-refractivity contribution < 1.29 is 9.90 Å². The van der Waals surface area contributed by atoms with Crippen LogP contribution >= 0.6 is 11.3 Å². The highest BCUT2D eigenvalue weighted by Crippen LogP contribution is 2.32. The highest BCUT2D eigenvalue weighted by molar-refractivity contribution is 7.21. The molecule has 0 unspecified atom stereocenters. The molecule has 1 aromatic carbocycles. The molecule has 2 aromatic heterocycles. The van der Waals surface area contributed by atoms with Crippen LogP contribution in [0.25, 0.3) is 21.6 Å². The van der Waals surface area contributed by atoms with Gasteiger partial charge in [-0.05, 0) is 0 Å². The summed E-state index contributed by atoms with van der Waals surface area (Å²) in [6.07, 6.45) is 1.60. The first-order valence-electron chi connectivity index (χ1n) is 5.50. The molecule has 0 aliphatic rings. The number of fused-ring (bicyclic) bond motifs is 1. The van der Waals surface area contributed by atoms with E-state index in [4.69, 9.17) is 10.8 Å². The lowest BCUT2D eigenvalue weighted by Crippen LogP contribution is -1.97. The third-order valence-electron chi connectivity index (χ3n) is 2.70. The molecular weight excluding hydrogens is 262 g/mol. The molecular formula is C13H9N3O2S. The summed E-state index contributed by atoms with van der Waals surface area (Å²) in [5.41, 5.74) is 8.01. The second-order valence-electron chi connectivity index (χ2n) is 3.93. The van der Waals surface area contributed by atoms with Gasteiger partial charge in [-0.2, -0.15) is 0 Å². The number of nitrogen functional groups attached to an aromatic ring is 1. The van der Waals surface area contributed by atoms with Crippen LogP contribution < -0.4 is 5.73 Å². The largest absolute Gasteiger partial charge is 0.477 e. The molecule has 0 bridgehead atoms. The summed E-state index contributed by atoms with van der Waals surface area (Å²) in [6, 6.07) is 9.58. The predicted molar refractivity (Wildman–Crippen MR) is 74.2 cm³/mol. The van der Waals surface area contributed by atoms with Crippen LogP contribution in [0.15, 0.2) is 36.5 Å². The minimum atomic E-state index is -1.05. The number of anilines is 1. The van der Waals surface area contributed by atoms with Crippen molar-refractivity contribution in [1.29, 1.82) is 0 Å². The van der Waals surface area contributed by atoms with E-state index >= 15 is 0 Å². The topological polar surface area (TPSA) is 89.1 Å². The molecule has 0 spiro atoms. The van der Waals surface area contributed by atoms with Crippen LogP contribution in [0.3, 0.4) is 0 Å². The van der Waals surface area contributed by atoms with Crippen LogP contribution in [-0.4, -0.2) is 21.0 Å². The van der Waals surface area contributed by atoms with Crippen molar-refractivity contribution in [2.24, 2.45) is 0 Å². The van der Waals surface area contributed by atoms with Gasteiger partial charge in [0.05, 0.1) is 17.6 Å². The Balaban J connectivity index is 2.19. The summed E-state index contributed by atoms with van der Waals surface area (Å²) in [5, 5.41) is 9.03. The minimum Gasteiger partial charge on any atom is -0.477 e. The monoisotopic (exact) mass is 271 g/mol. The van der Waals surface area contributed by atoms with Crippen molar-refractivity contribution >= 4 is 33.3 Å². The van der Waals surface area contributed by atoms with Gasteiger partial charge < -0.3 is 10.8 Å². The van der Waals surface area contributed by atoms with E-state index in [1.54, 1.807) is 6.20 Å². The highest BCUT2D eigenvalue weighted by atomic mass is 32.1. The van der Waals surface area contributed by atoms with Crippen molar-refractivity contribution in [2.75, 3.05) is 5.73 Å². The fourth-order valence-electron chi connectivity index (χ4n) is 1.79. The van der Waals surface area contributed by atoms with E-state index in [-0.39, 0.29) is 10.6 Å². The summed E-state index contributed by atoms with van der Waals surface area (Å²) < 4.78 is 0. The number of carbonyl (C=O) groups is 1. The van der Waals surface area contributed by atoms with Crippen molar-refractivity contribution in [1.82, 2.24) is 9.97 Å². The predicted octanol–water partition coefficient (Wildman–Crippen LogP) is 2.64. The minimum absolute atomic E-state index is 0.0835. The van der Waals surface area contributed by atoms with Gasteiger partial charge in [-0.3, -0.25) is 0 Å². The molecule has 2 heterocycles. The fraction of sp³-hybridized carbons (Fsp3) is 0. The van der Waals surface area contributed by atoms with E-state index < -0.39 is 5.97 Å². The normalized spacial score (nSPS) is 10.7. The van der Waals surface area contributed by atoms with Crippen LogP contribution in [0.2, 0.25) is 0 Å². The molecule has 0 saturated carbocycles. The molecule has 0 fully saturated rings.